The number of rotatable bonds is 1. The van der Waals surface area contributed by atoms with E-state index >= 15 is 0 Å². The van der Waals surface area contributed by atoms with Crippen LogP contribution in [0.2, 0.25) is 0 Å². The minimum atomic E-state index is -4.47. The molecule has 1 unspecified atom stereocenters. The van der Waals surface area contributed by atoms with Gasteiger partial charge in [-0.15, -0.1) is 83.6 Å². The van der Waals surface area contributed by atoms with Gasteiger partial charge >= 0.3 is 6.18 Å². The number of allylic oxidation sites excluding steroid dienone is 3. The molecule has 1 atom stereocenters. The predicted molar refractivity (Wildman–Crippen MR) is 169 cm³/mol. The summed E-state index contributed by atoms with van der Waals surface area (Å²) in [5, 5.41) is -1.41. The molecule has 0 rings (SSSR count). The van der Waals surface area contributed by atoms with Gasteiger partial charge in [0.25, 0.3) is 0 Å². The smallest absolute Gasteiger partial charge is 0.269 e. The largest absolute Gasteiger partial charge is 0.418 e. The maximum Gasteiger partial charge on any atom is 0.418 e. The molecule has 0 spiro atoms. The van der Waals surface area contributed by atoms with Crippen LogP contribution < -0.4 is 0 Å². The molecule has 0 saturated carbocycles. The molecule has 0 radical (unpaired) electrons. The molecule has 0 aromatic rings. The summed E-state index contributed by atoms with van der Waals surface area (Å²) in [5.41, 5.74) is 0. The Hall–Kier alpha value is 1.56. The van der Waals surface area contributed by atoms with Crippen molar-refractivity contribution in [2.75, 3.05) is 18.1 Å². The second-order valence-corrected chi connectivity index (χ2v) is 8.98. The van der Waals surface area contributed by atoms with Gasteiger partial charge in [-0.3, -0.25) is 4.70 Å². The summed E-state index contributed by atoms with van der Waals surface area (Å²) in [6.45, 7) is 18.9. The molecule has 0 aromatic heterocycles. The van der Waals surface area contributed by atoms with Gasteiger partial charge in [0.05, 0.1) is 17.5 Å². The third-order valence-corrected chi connectivity index (χ3v) is 1.73. The highest BCUT2D eigenvalue weighted by Gasteiger charge is 2.36. The lowest BCUT2D eigenvalue weighted by Crippen LogP contribution is -2.16. The minimum Gasteiger partial charge on any atom is -0.269 e. The van der Waals surface area contributed by atoms with Gasteiger partial charge in [0, 0.05) is 23.5 Å². The van der Waals surface area contributed by atoms with Crippen molar-refractivity contribution in [1.29, 1.82) is 0 Å². The van der Waals surface area contributed by atoms with Crippen LogP contribution in [0.3, 0.4) is 0 Å². The average Bonchev–Trinajstić information content (AvgIpc) is 2.54. The van der Waals surface area contributed by atoms with Crippen LogP contribution in [0.4, 0.5) is 35.4 Å². The zero-order valence-corrected chi connectivity index (χ0v) is 29.9. The fourth-order valence-corrected chi connectivity index (χ4v) is 0. The molecule has 0 N–H and O–H groups in total. The van der Waals surface area contributed by atoms with Crippen LogP contribution in [0.1, 0.15) is 48.5 Å². The molecular formula is C20H40Cl10F8. The van der Waals surface area contributed by atoms with E-state index in [1.54, 1.807) is 0 Å². The van der Waals surface area contributed by atoms with Crippen molar-refractivity contribution in [2.24, 2.45) is 0 Å². The summed E-state index contributed by atoms with van der Waals surface area (Å²) in [5.74, 6) is 0.265. The first-order valence-corrected chi connectivity index (χ1v) is 12.1. The van der Waals surface area contributed by atoms with Crippen LogP contribution in [0.15, 0.2) is 37.2 Å². The SMILES string of the molecule is C=C(C)F.C=C(C)F.C=C(C)F.CC(C)(F)Cl.CC(Cl)CCl.CCCl.CCl.Cl.Cl.Cl.F.FC(F)(F)C(Cl)Cl. The summed E-state index contributed by atoms with van der Waals surface area (Å²) >= 11 is 33.8. The summed E-state index contributed by atoms with van der Waals surface area (Å²) in [6.07, 6.45) is -3.00. The van der Waals surface area contributed by atoms with Crippen molar-refractivity contribution in [2.45, 2.75) is 70.0 Å². The molecule has 0 aliphatic carbocycles. The maximum absolute atomic E-state index is 11.5. The monoisotopic (exact) mass is 782 g/mol. The van der Waals surface area contributed by atoms with E-state index < -0.39 is 16.1 Å². The first-order valence-electron chi connectivity index (χ1n) is 8.62. The molecule has 0 saturated heterocycles. The Balaban J connectivity index is -0.0000000204. The lowest BCUT2D eigenvalue weighted by Gasteiger charge is -2.03. The van der Waals surface area contributed by atoms with Crippen molar-refractivity contribution in [1.82, 2.24) is 0 Å². The number of hydrogen-bond donors (Lipinski definition) is 0. The number of halogens is 18. The highest BCUT2D eigenvalue weighted by molar-refractivity contribution is 6.44. The van der Waals surface area contributed by atoms with Crippen molar-refractivity contribution in [3.63, 3.8) is 0 Å². The van der Waals surface area contributed by atoms with Gasteiger partial charge in [-0.1, -0.05) is 61.5 Å². The van der Waals surface area contributed by atoms with Crippen LogP contribution >= 0.6 is 118 Å². The normalized spacial score (nSPS) is 8.61. The van der Waals surface area contributed by atoms with Gasteiger partial charge in [0.2, 0.25) is 4.84 Å². The molecule has 0 amide bonds. The first kappa shape index (κ1) is 77.4. The van der Waals surface area contributed by atoms with E-state index in [0.717, 1.165) is 5.88 Å². The molecule has 246 valence electrons. The van der Waals surface area contributed by atoms with E-state index in [4.69, 9.17) is 46.4 Å². The van der Waals surface area contributed by atoms with E-state index in [9.17, 15) is 30.7 Å². The fraction of sp³-hybridized carbons (Fsp3) is 0.700. The van der Waals surface area contributed by atoms with E-state index in [-0.39, 0.29) is 64.8 Å². The topological polar surface area (TPSA) is 0 Å². The second-order valence-electron chi connectivity index (χ2n) is 5.40. The highest BCUT2D eigenvalue weighted by Crippen LogP contribution is 2.27. The van der Waals surface area contributed by atoms with Crippen LogP contribution in [0.25, 0.3) is 0 Å². The Morgan fingerprint density at radius 3 is 0.789 bits per heavy atom. The van der Waals surface area contributed by atoms with E-state index in [1.165, 1.54) is 41.0 Å². The Kier molecular flexibility index (Phi) is 119. The Morgan fingerprint density at radius 2 is 0.789 bits per heavy atom. The molecule has 0 aliphatic heterocycles. The maximum atomic E-state index is 11.5. The predicted octanol–water partition coefficient (Wildman–Crippen LogP) is 14.1. The van der Waals surface area contributed by atoms with E-state index in [0.29, 0.717) is 5.88 Å². The zero-order valence-electron chi connectivity index (χ0n) is 22.1. The standard InChI is InChI=1S/C3H6Cl2.C3H6ClF.3C3H5F.C2HCl2F3.C2H5Cl.CH3Cl.3ClH.FH/c1-3(5)2-4;1-3(2,4)5;3*1-3(2)4;3-1(4)2(5,6)7;1-2-3;1-2;;;;/h3H,2H2,1H3;1-2H3;3*1H2,2H3;1H;2H2,1H3;1H3;4*1H. The van der Waals surface area contributed by atoms with Gasteiger partial charge < -0.3 is 0 Å². The van der Waals surface area contributed by atoms with Crippen molar-refractivity contribution in [3.05, 3.63) is 37.2 Å². The van der Waals surface area contributed by atoms with Crippen molar-refractivity contribution in [3.8, 4) is 0 Å². The van der Waals surface area contributed by atoms with Gasteiger partial charge in [-0.2, -0.15) is 13.2 Å². The van der Waals surface area contributed by atoms with Crippen LogP contribution in [-0.4, -0.2) is 39.7 Å². The molecule has 0 aromatic carbocycles. The minimum absolute atomic E-state index is 0. The lowest BCUT2D eigenvalue weighted by molar-refractivity contribution is -0.115. The summed E-state index contributed by atoms with van der Waals surface area (Å²) in [4.78, 5) is -2.26. The quantitative estimate of drug-likeness (QED) is 0.183. The van der Waals surface area contributed by atoms with Crippen LogP contribution in [-0.2, 0) is 0 Å². The van der Waals surface area contributed by atoms with Gasteiger partial charge in [0.15, 0.2) is 5.13 Å². The summed E-state index contributed by atoms with van der Waals surface area (Å²) < 4.78 is 76.6. The van der Waals surface area contributed by atoms with Crippen LogP contribution in [0, 0.1) is 0 Å². The molecule has 0 aliphatic rings. The number of hydrogen-bond acceptors (Lipinski definition) is 0. The Morgan fingerprint density at radius 1 is 0.737 bits per heavy atom. The van der Waals surface area contributed by atoms with Gasteiger partial charge in [-0.05, 0) is 41.5 Å². The molecule has 0 nitrogen and oxygen atoms in total. The molecular weight excluding hydrogens is 747 g/mol. The lowest BCUT2D eigenvalue weighted by atomic mass is 10.5. The molecule has 18 heteroatoms. The van der Waals surface area contributed by atoms with E-state index in [1.807, 2.05) is 13.8 Å². The molecule has 0 heterocycles. The summed E-state index contributed by atoms with van der Waals surface area (Å²) in [7, 11) is 0. The van der Waals surface area contributed by atoms with E-state index in [2.05, 4.69) is 54.5 Å². The van der Waals surface area contributed by atoms with Gasteiger partial charge in [-0.25, -0.2) is 17.6 Å². The fourth-order valence-electron chi connectivity index (χ4n) is 0. The molecule has 0 fully saturated rings. The number of alkyl halides is 11. The van der Waals surface area contributed by atoms with Gasteiger partial charge in [0.1, 0.15) is 0 Å². The van der Waals surface area contributed by atoms with Crippen molar-refractivity contribution >= 4 is 118 Å². The highest BCUT2D eigenvalue weighted by atomic mass is 35.5. The summed E-state index contributed by atoms with van der Waals surface area (Å²) in [6, 6.07) is 0. The second kappa shape index (κ2) is 58.2. The first-order chi connectivity index (χ1) is 14.8. The molecule has 0 bridgehead atoms. The zero-order chi connectivity index (χ0) is 30.3. The third kappa shape index (κ3) is 549. The molecule has 38 heavy (non-hydrogen) atoms. The average molecular weight is 787 g/mol. The van der Waals surface area contributed by atoms with Crippen molar-refractivity contribution < 1.29 is 35.4 Å². The Bertz CT molecular complexity index is 373. The third-order valence-electron chi connectivity index (χ3n) is 0.460. The van der Waals surface area contributed by atoms with Crippen LogP contribution in [0.5, 0.6) is 0 Å². The Labute approximate surface area is 277 Å².